The van der Waals surface area contributed by atoms with Crippen molar-refractivity contribution in [2.45, 2.75) is 71.9 Å². The van der Waals surface area contributed by atoms with Gasteiger partial charge in [-0.15, -0.1) is 0 Å². The third kappa shape index (κ3) is 8.19. The predicted octanol–water partition coefficient (Wildman–Crippen LogP) is 4.39. The van der Waals surface area contributed by atoms with E-state index in [1.165, 1.54) is 23.1 Å². The second-order valence-electron chi connectivity index (χ2n) is 13.0. The molecule has 1 radical (unpaired) electrons. The summed E-state index contributed by atoms with van der Waals surface area (Å²) in [5.74, 6) is -1.16. The van der Waals surface area contributed by atoms with Gasteiger partial charge in [-0.25, -0.2) is 14.5 Å². The van der Waals surface area contributed by atoms with Gasteiger partial charge in [0.1, 0.15) is 17.3 Å². The third-order valence-corrected chi connectivity index (χ3v) is 6.86. The van der Waals surface area contributed by atoms with Crippen molar-refractivity contribution in [3.8, 4) is 6.07 Å². The van der Waals surface area contributed by atoms with E-state index in [0.717, 1.165) is 16.9 Å². The predicted molar refractivity (Wildman–Crippen MR) is 166 cm³/mol. The molecular weight excluding hydrogens is 594 g/mol. The molecule has 243 valence electrons. The van der Waals surface area contributed by atoms with Crippen LogP contribution in [0.1, 0.15) is 68.6 Å². The molecule has 0 aromatic heterocycles. The molecule has 1 N–H and O–H groups in total. The lowest BCUT2D eigenvalue weighted by molar-refractivity contribution is -0.133. The Bertz CT molecular complexity index is 1570. The first-order valence-corrected chi connectivity index (χ1v) is 14.7. The molecule has 0 unspecified atom stereocenters. The molecule has 0 bridgehead atoms. The second-order valence-corrected chi connectivity index (χ2v) is 13.0. The number of nitriles is 1. The second kappa shape index (κ2) is 13.2. The zero-order valence-corrected chi connectivity index (χ0v) is 27.0. The van der Waals surface area contributed by atoms with E-state index in [1.54, 1.807) is 71.7 Å². The Morgan fingerprint density at radius 2 is 1.70 bits per heavy atom. The van der Waals surface area contributed by atoms with Crippen LogP contribution < -0.4 is 10.2 Å². The lowest BCUT2D eigenvalue weighted by Crippen LogP contribution is -2.49. The largest absolute Gasteiger partial charge is 0.443 e. The zero-order valence-electron chi connectivity index (χ0n) is 27.0. The fraction of sp³-hybridized carbons (Fsp3) is 0.424. The molecule has 46 heavy (non-hydrogen) atoms. The van der Waals surface area contributed by atoms with Crippen molar-refractivity contribution in [1.82, 2.24) is 9.80 Å². The van der Waals surface area contributed by atoms with E-state index in [1.807, 2.05) is 6.07 Å². The summed E-state index contributed by atoms with van der Waals surface area (Å²) in [7, 11) is 1.71. The van der Waals surface area contributed by atoms with Crippen LogP contribution in [-0.2, 0) is 36.9 Å². The number of hydrogen-bond donors (Lipinski definition) is 1. The zero-order chi connectivity index (χ0) is 34.0. The number of imide groups is 1. The number of anilines is 2. The molecule has 1 fully saturated rings. The van der Waals surface area contributed by atoms with E-state index < -0.39 is 41.3 Å². The van der Waals surface area contributed by atoms with Gasteiger partial charge in [0.2, 0.25) is 5.91 Å². The topological polar surface area (TPSA) is 159 Å². The lowest BCUT2D eigenvalue weighted by Gasteiger charge is -2.32. The van der Waals surface area contributed by atoms with E-state index in [2.05, 4.69) is 5.32 Å². The van der Waals surface area contributed by atoms with Crippen LogP contribution in [0.4, 0.5) is 21.0 Å². The Balaban J connectivity index is 1.48. The molecule has 13 heteroatoms. The van der Waals surface area contributed by atoms with Crippen LogP contribution in [0.2, 0.25) is 0 Å². The Labute approximate surface area is 268 Å². The summed E-state index contributed by atoms with van der Waals surface area (Å²) in [6.07, 6.45) is -1.98. The average molecular weight is 633 g/mol. The molecule has 0 saturated carbocycles. The molecule has 5 amide bonds. The highest BCUT2D eigenvalue weighted by Crippen LogP contribution is 2.29. The Morgan fingerprint density at radius 1 is 1.04 bits per heavy atom. The van der Waals surface area contributed by atoms with Crippen LogP contribution in [0.15, 0.2) is 36.4 Å². The minimum Gasteiger partial charge on any atom is -0.443 e. The number of nitrogens with one attached hydrogen (secondary N) is 1. The smallest absolute Gasteiger partial charge is 0.420 e. The summed E-state index contributed by atoms with van der Waals surface area (Å²) in [6.45, 7) is 10.4. The van der Waals surface area contributed by atoms with Gasteiger partial charge in [0.05, 0.1) is 31.2 Å². The van der Waals surface area contributed by atoms with Crippen molar-refractivity contribution in [2.75, 3.05) is 30.4 Å². The first kappa shape index (κ1) is 33.9. The molecule has 13 nitrogen and oxygen atoms in total. The summed E-state index contributed by atoms with van der Waals surface area (Å²) in [4.78, 5) is 68.5. The molecule has 2 aliphatic heterocycles. The highest BCUT2D eigenvalue weighted by molar-refractivity contribution is 6.06. The van der Waals surface area contributed by atoms with Crippen LogP contribution in [0, 0.1) is 17.8 Å². The monoisotopic (exact) mass is 632 g/mol. The quantitative estimate of drug-likeness (QED) is 0.487. The van der Waals surface area contributed by atoms with E-state index >= 15 is 0 Å². The first-order valence-electron chi connectivity index (χ1n) is 14.7. The fourth-order valence-electron chi connectivity index (χ4n) is 4.84. The van der Waals surface area contributed by atoms with Crippen LogP contribution >= 0.6 is 0 Å². The van der Waals surface area contributed by atoms with Gasteiger partial charge in [-0.3, -0.25) is 14.4 Å². The number of carbonyl (C=O) groups is 5. The third-order valence-electron chi connectivity index (χ3n) is 6.86. The molecule has 2 aliphatic rings. The Hall–Kier alpha value is -4.96. The minimum atomic E-state index is -1.17. The number of ether oxygens (including phenoxy) is 3. The molecule has 1 atom stereocenters. The number of fused-ring (bicyclic) bond motifs is 1. The molecule has 0 spiro atoms. The van der Waals surface area contributed by atoms with E-state index in [-0.39, 0.29) is 42.4 Å². The van der Waals surface area contributed by atoms with E-state index in [0.29, 0.717) is 17.8 Å². The van der Waals surface area contributed by atoms with Gasteiger partial charge >= 0.3 is 12.2 Å². The molecule has 2 heterocycles. The number of hydrogen-bond acceptors (Lipinski definition) is 9. The normalized spacial score (nSPS) is 16.4. The van der Waals surface area contributed by atoms with Crippen molar-refractivity contribution in [1.29, 1.82) is 5.26 Å². The summed E-state index contributed by atoms with van der Waals surface area (Å²) in [6, 6.07) is 11.6. The number of carbonyl (C=O) groups excluding carboxylic acids is 5. The maximum atomic E-state index is 13.3. The molecular formula is C33H38N5O8. The number of amides is 5. The Morgan fingerprint density at radius 3 is 2.30 bits per heavy atom. The van der Waals surface area contributed by atoms with Crippen LogP contribution in [-0.4, -0.2) is 77.2 Å². The van der Waals surface area contributed by atoms with Gasteiger partial charge < -0.3 is 29.3 Å². The number of morpholine rings is 1. The van der Waals surface area contributed by atoms with Gasteiger partial charge in [0, 0.05) is 37.1 Å². The highest BCUT2D eigenvalue weighted by Gasteiger charge is 2.35. The minimum absolute atomic E-state index is 0.0777. The molecule has 2 aromatic carbocycles. The van der Waals surface area contributed by atoms with Crippen LogP contribution in [0.3, 0.4) is 0 Å². The van der Waals surface area contributed by atoms with Gasteiger partial charge in [0.25, 0.3) is 11.8 Å². The molecule has 2 aromatic rings. The van der Waals surface area contributed by atoms with Crippen LogP contribution in [0.25, 0.3) is 0 Å². The maximum Gasteiger partial charge on any atom is 0.420 e. The standard InChI is InChI=1S/C33H38N5O8/c1-32(2,3)45-30(42)38(31(43)46-33(4,5)6)19-21-14-23(9-8-20(21)17-34)35-27(39)16-26-29(41)37(12-13-44-26)24-10-11-25-22(15-24)18-36(7)28(25)40/h8-11,14-16,26H,12-13,18-19H2,1-7H3,(H,35,39)/t26-/m1/s1. The number of benzene rings is 2. The molecule has 4 rings (SSSR count). The average Bonchev–Trinajstić information content (AvgIpc) is 3.23. The Kier molecular flexibility index (Phi) is 9.72. The van der Waals surface area contributed by atoms with Crippen molar-refractivity contribution in [3.63, 3.8) is 0 Å². The van der Waals surface area contributed by atoms with Crippen molar-refractivity contribution in [3.05, 3.63) is 65.1 Å². The highest BCUT2D eigenvalue weighted by atomic mass is 16.6. The van der Waals surface area contributed by atoms with Crippen molar-refractivity contribution < 1.29 is 38.2 Å². The van der Waals surface area contributed by atoms with Gasteiger partial charge in [-0.2, -0.15) is 5.26 Å². The summed E-state index contributed by atoms with van der Waals surface area (Å²) in [5.41, 5.74) is 0.836. The van der Waals surface area contributed by atoms with Crippen molar-refractivity contribution >= 4 is 41.3 Å². The maximum absolute atomic E-state index is 13.3. The van der Waals surface area contributed by atoms with Crippen molar-refractivity contribution in [2.24, 2.45) is 0 Å². The van der Waals surface area contributed by atoms with E-state index in [4.69, 9.17) is 14.2 Å². The van der Waals surface area contributed by atoms with E-state index in [9.17, 15) is 29.2 Å². The first-order chi connectivity index (χ1) is 21.5. The lowest BCUT2D eigenvalue weighted by atomic mass is 10.1. The summed E-state index contributed by atoms with van der Waals surface area (Å²) in [5, 5.41) is 12.4. The summed E-state index contributed by atoms with van der Waals surface area (Å²) < 4.78 is 16.4. The van der Waals surface area contributed by atoms with Crippen LogP contribution in [0.5, 0.6) is 0 Å². The number of rotatable bonds is 6. The van der Waals surface area contributed by atoms with Gasteiger partial charge in [0.15, 0.2) is 0 Å². The molecule has 0 aliphatic carbocycles. The van der Waals surface area contributed by atoms with Gasteiger partial charge in [-0.1, -0.05) is 0 Å². The molecule has 1 saturated heterocycles. The summed E-state index contributed by atoms with van der Waals surface area (Å²) >= 11 is 0. The van der Waals surface area contributed by atoms with Gasteiger partial charge in [-0.05, 0) is 89.1 Å². The fourth-order valence-corrected chi connectivity index (χ4v) is 4.84. The SMILES string of the molecule is CN1Cc2cc(N3CCO[C@H]([CH]C(=O)Nc4ccc(C#N)c(CN(C(=O)OC(C)(C)C)C(=O)OC(C)(C)C)c4)C3=O)ccc2C1=O. The number of nitrogens with zero attached hydrogens (tertiary/aromatic N) is 4.